The Kier molecular flexibility index (Phi) is 14.1. The second-order valence-corrected chi connectivity index (χ2v) is 21.4. The number of carbonyl (C=O) groups is 3. The predicted octanol–water partition coefficient (Wildman–Crippen LogP) is 4.27. The van der Waals surface area contributed by atoms with Crippen LogP contribution in [-0.2, 0) is 19.1 Å². The van der Waals surface area contributed by atoms with Gasteiger partial charge in [-0.25, -0.2) is 0 Å². The van der Waals surface area contributed by atoms with Crippen molar-refractivity contribution in [2.24, 2.45) is 46.3 Å². The van der Waals surface area contributed by atoms with E-state index in [1.807, 2.05) is 31.7 Å². The minimum Gasteiger partial charge on any atom is -0.459 e. The standard InChI is InChI=1S/C45H72Cl2N2O10/c1-11-34-43(10,57)37(53)28(6)49(23-24(2)21-42(9,56)36(52)26(4)35(51)27(5)38(54)59-34)18-12-17-48-39(55)45(58)25(3)19-32-31-14-13-29-20-30(50)15-16-40(29,7)44(31,47)33(46)22-41(32,45)8/h15-16,20,24-28,31-37,51-53,56-58H,11-14,17-19,21-23H2,1-10H3,(H,48,55)/t24-,25-,26+,27-,28-,31?,32?,33+,34-,35+,36-,37-,40+,41+,42-,43-,44+,45+/m1/s1. The average molecular weight is 872 g/mol. The second-order valence-electron chi connectivity index (χ2n) is 20.2. The number of nitrogens with one attached hydrogen (secondary N) is 1. The number of hydrogen-bond acceptors (Lipinski definition) is 11. The van der Waals surface area contributed by atoms with Crippen molar-refractivity contribution in [2.45, 2.75) is 172 Å². The zero-order valence-electron chi connectivity index (χ0n) is 36.8. The average Bonchev–Trinajstić information content (AvgIpc) is 3.37. The summed E-state index contributed by atoms with van der Waals surface area (Å²) in [5.74, 6) is -4.17. The number of carbonyl (C=O) groups excluding carboxylic acids is 3. The van der Waals surface area contributed by atoms with Crippen LogP contribution in [0.3, 0.4) is 0 Å². The molecule has 3 saturated carbocycles. The molecule has 0 aromatic carbocycles. The van der Waals surface area contributed by atoms with Crippen LogP contribution in [0.4, 0.5) is 0 Å². The fourth-order valence-electron chi connectivity index (χ4n) is 12.4. The Bertz CT molecular complexity index is 1660. The van der Waals surface area contributed by atoms with Crippen LogP contribution in [0.5, 0.6) is 0 Å². The Balaban J connectivity index is 1.34. The first-order chi connectivity index (χ1) is 27.2. The summed E-state index contributed by atoms with van der Waals surface area (Å²) >= 11 is 15.0. The highest BCUT2D eigenvalue weighted by atomic mass is 35.5. The van der Waals surface area contributed by atoms with Crippen molar-refractivity contribution in [3.05, 3.63) is 23.8 Å². The molecule has 4 fully saturated rings. The zero-order chi connectivity index (χ0) is 44.4. The van der Waals surface area contributed by atoms with Gasteiger partial charge in [-0.3, -0.25) is 19.3 Å². The summed E-state index contributed by atoms with van der Waals surface area (Å²) in [4.78, 5) is 41.0. The summed E-state index contributed by atoms with van der Waals surface area (Å²) in [6.07, 6.45) is 2.86. The summed E-state index contributed by atoms with van der Waals surface area (Å²) in [5, 5.41) is 72.4. The second kappa shape index (κ2) is 17.2. The number of fused-ring (bicyclic) bond motifs is 5. The molecule has 0 radical (unpaired) electrons. The predicted molar refractivity (Wildman–Crippen MR) is 226 cm³/mol. The summed E-state index contributed by atoms with van der Waals surface area (Å²) in [6, 6.07) is -0.694. The maximum absolute atomic E-state index is 14.3. The number of hydrogen-bond donors (Lipinski definition) is 7. The van der Waals surface area contributed by atoms with Gasteiger partial charge in [0, 0.05) is 42.4 Å². The van der Waals surface area contributed by atoms with Crippen LogP contribution < -0.4 is 5.32 Å². The Morgan fingerprint density at radius 2 is 1.63 bits per heavy atom. The molecule has 5 aliphatic rings. The fourth-order valence-corrected chi connectivity index (χ4v) is 13.7. The van der Waals surface area contributed by atoms with Gasteiger partial charge in [0.25, 0.3) is 5.91 Å². The summed E-state index contributed by atoms with van der Waals surface area (Å²) in [5.41, 5.74) is -5.82. The number of ketones is 1. The molecule has 1 amide bonds. The van der Waals surface area contributed by atoms with Crippen LogP contribution in [0.25, 0.3) is 0 Å². The van der Waals surface area contributed by atoms with E-state index in [0.717, 1.165) is 5.57 Å². The highest BCUT2D eigenvalue weighted by Gasteiger charge is 2.74. The minimum absolute atomic E-state index is 0.0592. The molecule has 336 valence electrons. The number of nitrogens with zero attached hydrogens (tertiary/aromatic N) is 1. The lowest BCUT2D eigenvalue weighted by atomic mass is 9.46. The topological polar surface area (TPSA) is 197 Å². The van der Waals surface area contributed by atoms with E-state index in [0.29, 0.717) is 45.2 Å². The monoisotopic (exact) mass is 870 g/mol. The number of cyclic esters (lactones) is 1. The lowest BCUT2D eigenvalue weighted by Crippen LogP contribution is -2.68. The van der Waals surface area contributed by atoms with Gasteiger partial charge in [-0.2, -0.15) is 0 Å². The van der Waals surface area contributed by atoms with Crippen molar-refractivity contribution < 1.29 is 49.8 Å². The molecule has 7 N–H and O–H groups in total. The first-order valence-electron chi connectivity index (χ1n) is 21.9. The van der Waals surface area contributed by atoms with Gasteiger partial charge in [0.2, 0.25) is 0 Å². The normalized spacial score (nSPS) is 50.0. The number of esters is 1. The third kappa shape index (κ3) is 8.00. The van der Waals surface area contributed by atoms with E-state index in [-0.39, 0.29) is 42.9 Å². The Morgan fingerprint density at radius 1 is 0.983 bits per heavy atom. The molecular weight excluding hydrogens is 799 g/mol. The van der Waals surface area contributed by atoms with E-state index < -0.39 is 98.0 Å². The number of rotatable bonds is 6. The number of ether oxygens (including phenoxy) is 1. The molecule has 0 spiro atoms. The third-order valence-electron chi connectivity index (χ3n) is 16.2. The number of amides is 1. The van der Waals surface area contributed by atoms with E-state index in [2.05, 4.69) is 12.2 Å². The summed E-state index contributed by atoms with van der Waals surface area (Å²) in [6.45, 7) is 18.1. The number of halogens is 2. The molecule has 5 rings (SSSR count). The highest BCUT2D eigenvalue weighted by Crippen LogP contribution is 2.72. The Labute approximate surface area is 361 Å². The molecule has 0 bridgehead atoms. The molecule has 18 atom stereocenters. The number of allylic oxidation sites excluding steroid dienone is 4. The van der Waals surface area contributed by atoms with Crippen LogP contribution in [0.15, 0.2) is 23.8 Å². The first-order valence-corrected chi connectivity index (χ1v) is 22.7. The van der Waals surface area contributed by atoms with Gasteiger partial charge in [0.15, 0.2) is 11.4 Å². The van der Waals surface area contributed by atoms with Gasteiger partial charge in [-0.1, -0.05) is 53.2 Å². The van der Waals surface area contributed by atoms with Gasteiger partial charge < -0.3 is 40.7 Å². The van der Waals surface area contributed by atoms with Crippen molar-refractivity contribution in [1.82, 2.24) is 10.2 Å². The van der Waals surface area contributed by atoms with Crippen LogP contribution in [-0.4, -0.2) is 130 Å². The van der Waals surface area contributed by atoms with E-state index >= 15 is 0 Å². The summed E-state index contributed by atoms with van der Waals surface area (Å²) < 4.78 is 5.72. The quantitative estimate of drug-likeness (QED) is 0.115. The maximum Gasteiger partial charge on any atom is 0.311 e. The van der Waals surface area contributed by atoms with Crippen molar-refractivity contribution in [2.75, 3.05) is 19.6 Å². The van der Waals surface area contributed by atoms with Crippen LogP contribution >= 0.6 is 23.2 Å². The number of aliphatic hydroxyl groups is 6. The van der Waals surface area contributed by atoms with Gasteiger partial charge >= 0.3 is 5.97 Å². The summed E-state index contributed by atoms with van der Waals surface area (Å²) in [7, 11) is 0. The SMILES string of the molecule is CC[C@H]1OC(=O)[C@H](C)[C@@H](O)[C@H](C)[C@@H](O)[C@](C)(O)C[C@@H](C)CN(CCCNC(=O)[C@@]2(O)[C@H](C)CC3C4CCC5=CC(=O)C=C[C@]5(C)[C@@]4(Cl)[C@@H](Cl)C[C@@]32C)[C@H](C)[C@@H](O)[C@]1(C)O. The van der Waals surface area contributed by atoms with E-state index in [1.54, 1.807) is 32.9 Å². The Morgan fingerprint density at radius 3 is 2.25 bits per heavy atom. The zero-order valence-corrected chi connectivity index (χ0v) is 38.3. The molecule has 12 nitrogen and oxygen atoms in total. The van der Waals surface area contributed by atoms with Gasteiger partial charge in [0.1, 0.15) is 17.8 Å². The van der Waals surface area contributed by atoms with Gasteiger partial charge in [0.05, 0.1) is 34.0 Å². The van der Waals surface area contributed by atoms with Crippen LogP contribution in [0, 0.1) is 46.3 Å². The number of aliphatic hydroxyl groups excluding tert-OH is 3. The molecule has 0 aromatic heterocycles. The Hall–Kier alpha value is -1.61. The molecule has 4 aliphatic carbocycles. The molecule has 0 aromatic rings. The molecule has 59 heavy (non-hydrogen) atoms. The molecule has 1 heterocycles. The van der Waals surface area contributed by atoms with Crippen molar-refractivity contribution in [3.63, 3.8) is 0 Å². The lowest BCUT2D eigenvalue weighted by Gasteiger charge is -2.63. The van der Waals surface area contributed by atoms with Crippen molar-refractivity contribution >= 4 is 40.9 Å². The van der Waals surface area contributed by atoms with Gasteiger partial charge in [-0.15, -0.1) is 23.2 Å². The smallest absolute Gasteiger partial charge is 0.311 e. The third-order valence-corrected chi connectivity index (χ3v) is 17.8. The molecule has 1 saturated heterocycles. The van der Waals surface area contributed by atoms with Crippen molar-refractivity contribution in [1.29, 1.82) is 0 Å². The highest BCUT2D eigenvalue weighted by molar-refractivity contribution is 6.34. The molecule has 1 aliphatic heterocycles. The van der Waals surface area contributed by atoms with E-state index in [4.69, 9.17) is 27.9 Å². The maximum atomic E-state index is 14.3. The van der Waals surface area contributed by atoms with Crippen molar-refractivity contribution in [3.8, 4) is 0 Å². The molecule has 14 heteroatoms. The number of alkyl halides is 2. The van der Waals surface area contributed by atoms with E-state index in [9.17, 15) is 45.0 Å². The fraction of sp³-hybridized carbons (Fsp3) is 0.844. The van der Waals surface area contributed by atoms with Crippen LogP contribution in [0.2, 0.25) is 0 Å². The van der Waals surface area contributed by atoms with E-state index in [1.165, 1.54) is 20.8 Å². The largest absolute Gasteiger partial charge is 0.459 e. The molecule has 2 unspecified atom stereocenters. The van der Waals surface area contributed by atoms with Crippen LogP contribution in [0.1, 0.15) is 114 Å². The molecular formula is C45H72Cl2N2O10. The first kappa shape index (κ1) is 48.4. The minimum atomic E-state index is -1.89. The van der Waals surface area contributed by atoms with Gasteiger partial charge in [-0.05, 0) is 108 Å². The lowest BCUT2D eigenvalue weighted by molar-refractivity contribution is -0.193.